The van der Waals surface area contributed by atoms with Crippen LogP contribution in [0.25, 0.3) is 0 Å². The van der Waals surface area contributed by atoms with Crippen LogP contribution >= 0.6 is 11.8 Å². The van der Waals surface area contributed by atoms with Gasteiger partial charge >= 0.3 is 0 Å². The molecule has 0 radical (unpaired) electrons. The van der Waals surface area contributed by atoms with Gasteiger partial charge in [0, 0.05) is 0 Å². The molecule has 0 spiro atoms. The van der Waals surface area contributed by atoms with E-state index in [0.29, 0.717) is 0 Å². The molecule has 6 heteroatoms. The molecule has 2 heterocycles. The third-order valence-electron chi connectivity index (χ3n) is 1.40. The maximum absolute atomic E-state index is 3.94. The fourth-order valence-electron chi connectivity index (χ4n) is 0.888. The molecule has 0 amide bonds. The summed E-state index contributed by atoms with van der Waals surface area (Å²) < 4.78 is 0. The highest BCUT2D eigenvalue weighted by atomic mass is 32.2. The number of thioether (sulfide) groups is 1. The second-order valence-electron chi connectivity index (χ2n) is 2.02. The van der Waals surface area contributed by atoms with Crippen molar-refractivity contribution in [1.29, 1.82) is 0 Å². The van der Waals surface area contributed by atoms with E-state index in [1.807, 2.05) is 6.26 Å². The third kappa shape index (κ3) is 0.997. The first-order valence-corrected chi connectivity index (χ1v) is 4.31. The predicted octanol–water partition coefficient (Wildman–Crippen LogP) is 0.455. The first kappa shape index (κ1) is 6.68. The number of rotatable bonds is 1. The van der Waals surface area contributed by atoms with Gasteiger partial charge in [-0.15, -0.1) is 22.4 Å². The molecule has 58 valence electrons. The van der Waals surface area contributed by atoms with Crippen molar-refractivity contribution in [2.45, 2.75) is 5.03 Å². The van der Waals surface area contributed by atoms with Crippen molar-refractivity contribution < 1.29 is 0 Å². The summed E-state index contributed by atoms with van der Waals surface area (Å²) in [6.45, 7) is 0. The van der Waals surface area contributed by atoms with Gasteiger partial charge in [0.2, 0.25) is 0 Å². The molecule has 2 rings (SSSR count). The zero-order valence-electron chi connectivity index (χ0n) is 5.88. The van der Waals surface area contributed by atoms with Crippen LogP contribution in [0.15, 0.2) is 11.2 Å². The minimum Gasteiger partial charge on any atom is -0.300 e. The zero-order chi connectivity index (χ0) is 7.68. The van der Waals surface area contributed by atoms with Crippen LogP contribution in [0.3, 0.4) is 0 Å². The molecule has 0 atom stereocenters. The number of nitrogens with one attached hydrogen (secondary N) is 3. The molecule has 0 aliphatic carbocycles. The number of nitrogens with zero attached hydrogens (tertiary/aromatic N) is 2. The van der Waals surface area contributed by atoms with Crippen molar-refractivity contribution in [3.8, 4) is 0 Å². The average Bonchev–Trinajstić information content (AvgIpc) is 2.50. The van der Waals surface area contributed by atoms with E-state index in [0.717, 1.165) is 16.4 Å². The Balaban J connectivity index is 2.50. The van der Waals surface area contributed by atoms with Crippen molar-refractivity contribution in [3.05, 3.63) is 6.20 Å². The monoisotopic (exact) mass is 169 g/mol. The smallest absolute Gasteiger partial charge is 0.145 e. The van der Waals surface area contributed by atoms with Crippen LogP contribution in [0.5, 0.6) is 0 Å². The lowest BCUT2D eigenvalue weighted by molar-refractivity contribution is 0.939. The number of hydrazine groups is 2. The van der Waals surface area contributed by atoms with Gasteiger partial charge in [-0.05, 0) is 6.26 Å². The summed E-state index contributed by atoms with van der Waals surface area (Å²) in [5.74, 6) is 0. The molecule has 0 fully saturated rings. The summed E-state index contributed by atoms with van der Waals surface area (Å²) >= 11 is 1.56. The van der Waals surface area contributed by atoms with E-state index in [1.165, 1.54) is 0 Å². The van der Waals surface area contributed by atoms with E-state index < -0.39 is 0 Å². The molecule has 0 saturated carbocycles. The van der Waals surface area contributed by atoms with Crippen LogP contribution in [0.2, 0.25) is 0 Å². The Bertz CT molecular complexity index is 276. The van der Waals surface area contributed by atoms with Gasteiger partial charge in [-0.2, -0.15) is 5.10 Å². The van der Waals surface area contributed by atoms with Gasteiger partial charge in [0.25, 0.3) is 0 Å². The Morgan fingerprint density at radius 3 is 3.18 bits per heavy atom. The van der Waals surface area contributed by atoms with Crippen molar-refractivity contribution in [2.24, 2.45) is 0 Å². The maximum Gasteiger partial charge on any atom is 0.145 e. The van der Waals surface area contributed by atoms with E-state index in [9.17, 15) is 0 Å². The summed E-state index contributed by atoms with van der Waals surface area (Å²) in [7, 11) is 0. The highest BCUT2D eigenvalue weighted by molar-refractivity contribution is 7.98. The Morgan fingerprint density at radius 2 is 2.36 bits per heavy atom. The van der Waals surface area contributed by atoms with Gasteiger partial charge in [-0.1, -0.05) is 0 Å². The summed E-state index contributed by atoms with van der Waals surface area (Å²) in [4.78, 5) is 0. The van der Waals surface area contributed by atoms with E-state index in [1.54, 1.807) is 18.0 Å². The summed E-state index contributed by atoms with van der Waals surface area (Å²) in [5, 5.41) is 8.64. The van der Waals surface area contributed by atoms with E-state index in [2.05, 4.69) is 26.6 Å². The third-order valence-corrected chi connectivity index (χ3v) is 2.07. The standard InChI is InChI=1S/C5H7N5S/c1-11-5-4-3(2-6-9-5)7-10-8-4/h2,7-8,10H,1H3. The number of hydrogen-bond acceptors (Lipinski definition) is 6. The van der Waals surface area contributed by atoms with Crippen molar-refractivity contribution in [3.63, 3.8) is 0 Å². The highest BCUT2D eigenvalue weighted by Gasteiger charge is 2.13. The molecule has 1 aromatic rings. The lowest BCUT2D eigenvalue weighted by atomic mass is 10.4. The lowest BCUT2D eigenvalue weighted by Crippen LogP contribution is -2.19. The SMILES string of the molecule is CSc1nncc2c1NNN2. The van der Waals surface area contributed by atoms with Crippen LogP contribution in [-0.2, 0) is 0 Å². The average molecular weight is 169 g/mol. The van der Waals surface area contributed by atoms with Gasteiger partial charge in [0.05, 0.1) is 11.9 Å². The van der Waals surface area contributed by atoms with E-state index in [-0.39, 0.29) is 0 Å². The molecular formula is C5H7N5S. The summed E-state index contributed by atoms with van der Waals surface area (Å²) in [5.41, 5.74) is 10.5. The minimum absolute atomic E-state index is 0.889. The number of aromatic nitrogens is 2. The number of fused-ring (bicyclic) bond motifs is 1. The van der Waals surface area contributed by atoms with Crippen LogP contribution in [0.4, 0.5) is 11.4 Å². The first-order chi connectivity index (χ1) is 5.42. The Kier molecular flexibility index (Phi) is 1.55. The van der Waals surface area contributed by atoms with Crippen molar-refractivity contribution in [2.75, 3.05) is 17.1 Å². The highest BCUT2D eigenvalue weighted by Crippen LogP contribution is 2.30. The number of anilines is 2. The van der Waals surface area contributed by atoms with Crippen LogP contribution in [0, 0.1) is 0 Å². The van der Waals surface area contributed by atoms with Gasteiger partial charge in [-0.25, -0.2) is 0 Å². The van der Waals surface area contributed by atoms with Crippen molar-refractivity contribution in [1.82, 2.24) is 15.7 Å². The Morgan fingerprint density at radius 1 is 1.45 bits per heavy atom. The second-order valence-corrected chi connectivity index (χ2v) is 2.81. The van der Waals surface area contributed by atoms with E-state index >= 15 is 0 Å². The molecule has 0 saturated heterocycles. The van der Waals surface area contributed by atoms with Gasteiger partial charge in [0.1, 0.15) is 10.7 Å². The van der Waals surface area contributed by atoms with Gasteiger partial charge in [0.15, 0.2) is 0 Å². The molecular weight excluding hydrogens is 162 g/mol. The molecule has 1 aromatic heterocycles. The van der Waals surface area contributed by atoms with Crippen molar-refractivity contribution >= 4 is 23.1 Å². The fraction of sp³-hybridized carbons (Fsp3) is 0.200. The molecule has 3 N–H and O–H groups in total. The van der Waals surface area contributed by atoms with Crippen LogP contribution in [0.1, 0.15) is 0 Å². The Labute approximate surface area is 67.9 Å². The first-order valence-electron chi connectivity index (χ1n) is 3.08. The topological polar surface area (TPSA) is 61.9 Å². The van der Waals surface area contributed by atoms with Gasteiger partial charge < -0.3 is 5.43 Å². The number of hydrogen-bond donors (Lipinski definition) is 3. The summed E-state index contributed by atoms with van der Waals surface area (Å²) in [6.07, 6.45) is 3.63. The quantitative estimate of drug-likeness (QED) is 0.531. The Hall–Kier alpha value is -1.01. The molecule has 0 unspecified atom stereocenters. The lowest BCUT2D eigenvalue weighted by Gasteiger charge is -1.99. The fourth-order valence-corrected chi connectivity index (χ4v) is 1.38. The second kappa shape index (κ2) is 2.55. The largest absolute Gasteiger partial charge is 0.300 e. The van der Waals surface area contributed by atoms with E-state index in [4.69, 9.17) is 0 Å². The predicted molar refractivity (Wildman–Crippen MR) is 44.2 cm³/mol. The molecule has 1 aliphatic heterocycles. The minimum atomic E-state index is 0.889. The zero-order valence-corrected chi connectivity index (χ0v) is 6.70. The molecule has 0 bridgehead atoms. The van der Waals surface area contributed by atoms with Crippen LogP contribution < -0.4 is 16.4 Å². The van der Waals surface area contributed by atoms with Crippen LogP contribution in [-0.4, -0.2) is 16.5 Å². The van der Waals surface area contributed by atoms with Gasteiger partial charge in [-0.3, -0.25) is 5.43 Å². The molecule has 1 aliphatic rings. The molecule has 0 aromatic carbocycles. The molecule has 11 heavy (non-hydrogen) atoms. The summed E-state index contributed by atoms with van der Waals surface area (Å²) in [6, 6.07) is 0. The molecule has 5 nitrogen and oxygen atoms in total. The maximum atomic E-state index is 3.94. The normalized spacial score (nSPS) is 13.5.